The second-order valence-electron chi connectivity index (χ2n) is 5.25. The van der Waals surface area contributed by atoms with Crippen molar-refractivity contribution in [2.75, 3.05) is 11.1 Å². The lowest BCUT2D eigenvalue weighted by Crippen LogP contribution is -2.08. The summed E-state index contributed by atoms with van der Waals surface area (Å²) in [6, 6.07) is 5.82. The Balaban J connectivity index is 1.62. The van der Waals surface area contributed by atoms with Gasteiger partial charge in [0.1, 0.15) is 5.01 Å². The Kier molecular flexibility index (Phi) is 3.54. The van der Waals surface area contributed by atoms with Gasteiger partial charge in [-0.25, -0.2) is 4.98 Å². The van der Waals surface area contributed by atoms with E-state index in [2.05, 4.69) is 35.5 Å². The Morgan fingerprint density at radius 3 is 2.96 bits per heavy atom. The normalized spacial score (nSPS) is 11.0. The molecule has 0 aliphatic carbocycles. The summed E-state index contributed by atoms with van der Waals surface area (Å²) >= 11 is 1.59. The summed E-state index contributed by atoms with van der Waals surface area (Å²) < 4.78 is 0. The molecule has 0 unspecified atom stereocenters. The van der Waals surface area contributed by atoms with Crippen molar-refractivity contribution in [2.24, 2.45) is 0 Å². The van der Waals surface area contributed by atoms with Gasteiger partial charge in [0.15, 0.2) is 5.82 Å². The lowest BCUT2D eigenvalue weighted by atomic mass is 10.1. The van der Waals surface area contributed by atoms with Crippen LogP contribution in [-0.4, -0.2) is 30.1 Å². The van der Waals surface area contributed by atoms with Gasteiger partial charge in [-0.15, -0.1) is 11.3 Å². The van der Waals surface area contributed by atoms with Crippen LogP contribution in [-0.2, 0) is 6.54 Å². The minimum Gasteiger partial charge on any atom is -0.368 e. The van der Waals surface area contributed by atoms with Gasteiger partial charge < -0.3 is 11.1 Å². The predicted octanol–water partition coefficient (Wildman–Crippen LogP) is 2.37. The zero-order valence-electron chi connectivity index (χ0n) is 12.8. The Bertz CT molecular complexity index is 1010. The molecule has 0 radical (unpaired) electrons. The minimum atomic E-state index is 0.169. The van der Waals surface area contributed by atoms with Crippen molar-refractivity contribution in [3.05, 3.63) is 40.5 Å². The van der Waals surface area contributed by atoms with Crippen LogP contribution in [0.4, 0.5) is 11.9 Å². The molecule has 3 aromatic heterocycles. The molecule has 9 heteroatoms. The molecular weight excluding hydrogens is 324 g/mol. The number of hydrogen-bond donors (Lipinski definition) is 3. The zero-order valence-corrected chi connectivity index (χ0v) is 13.6. The van der Waals surface area contributed by atoms with Gasteiger partial charge >= 0.3 is 0 Å². The zero-order chi connectivity index (χ0) is 16.5. The molecule has 0 fully saturated rings. The first-order valence-corrected chi connectivity index (χ1v) is 8.15. The maximum Gasteiger partial charge on any atom is 0.228 e. The Morgan fingerprint density at radius 1 is 1.21 bits per heavy atom. The monoisotopic (exact) mass is 338 g/mol. The molecule has 0 atom stereocenters. The fourth-order valence-corrected chi connectivity index (χ4v) is 3.03. The van der Waals surface area contributed by atoms with Crippen LogP contribution in [0.2, 0.25) is 0 Å². The lowest BCUT2D eigenvalue weighted by Gasteiger charge is -2.06. The Labute approximate surface area is 141 Å². The largest absolute Gasteiger partial charge is 0.368 e. The van der Waals surface area contributed by atoms with Crippen LogP contribution in [0.15, 0.2) is 29.8 Å². The quantitative estimate of drug-likeness (QED) is 0.522. The first kappa shape index (κ1) is 14.5. The van der Waals surface area contributed by atoms with Crippen molar-refractivity contribution in [3.8, 4) is 11.4 Å². The number of rotatable bonds is 4. The molecule has 4 rings (SSSR count). The number of hydrogen-bond acceptors (Lipinski definition) is 8. The van der Waals surface area contributed by atoms with Gasteiger partial charge in [-0.3, -0.25) is 5.10 Å². The van der Waals surface area contributed by atoms with Crippen molar-refractivity contribution >= 4 is 34.1 Å². The van der Waals surface area contributed by atoms with E-state index in [1.54, 1.807) is 17.5 Å². The molecule has 0 spiro atoms. The van der Waals surface area contributed by atoms with Gasteiger partial charge in [-0.2, -0.15) is 20.1 Å². The van der Waals surface area contributed by atoms with Crippen LogP contribution < -0.4 is 11.1 Å². The van der Waals surface area contributed by atoms with Crippen LogP contribution in [0, 0.1) is 6.92 Å². The van der Waals surface area contributed by atoms with Crippen LogP contribution in [0.25, 0.3) is 22.3 Å². The van der Waals surface area contributed by atoms with E-state index in [9.17, 15) is 0 Å². The molecule has 0 aliphatic heterocycles. The van der Waals surface area contributed by atoms with Gasteiger partial charge in [0.05, 0.1) is 18.3 Å². The van der Waals surface area contributed by atoms with Gasteiger partial charge in [0.2, 0.25) is 11.9 Å². The first-order valence-electron chi connectivity index (χ1n) is 7.27. The van der Waals surface area contributed by atoms with Crippen LogP contribution in [0.5, 0.6) is 0 Å². The molecule has 24 heavy (non-hydrogen) atoms. The smallest absolute Gasteiger partial charge is 0.228 e. The highest BCUT2D eigenvalue weighted by Crippen LogP contribution is 2.22. The molecule has 0 aliphatic rings. The Hall–Kier alpha value is -3.07. The van der Waals surface area contributed by atoms with E-state index in [1.165, 1.54) is 0 Å². The summed E-state index contributed by atoms with van der Waals surface area (Å²) in [5, 5.41) is 14.1. The summed E-state index contributed by atoms with van der Waals surface area (Å²) in [5.41, 5.74) is 8.59. The molecule has 0 bridgehead atoms. The van der Waals surface area contributed by atoms with Crippen molar-refractivity contribution in [3.63, 3.8) is 0 Å². The van der Waals surface area contributed by atoms with Crippen molar-refractivity contribution in [2.45, 2.75) is 13.5 Å². The van der Waals surface area contributed by atoms with Crippen LogP contribution in [0.1, 0.15) is 10.7 Å². The molecule has 3 heterocycles. The lowest BCUT2D eigenvalue weighted by molar-refractivity contribution is 1.00. The van der Waals surface area contributed by atoms with E-state index in [0.29, 0.717) is 18.3 Å². The molecule has 0 saturated carbocycles. The fourth-order valence-electron chi connectivity index (χ4n) is 2.32. The van der Waals surface area contributed by atoms with Gasteiger partial charge in [-0.1, -0.05) is 12.1 Å². The van der Waals surface area contributed by atoms with Crippen molar-refractivity contribution < 1.29 is 0 Å². The number of nitrogen functional groups attached to an aromatic ring is 1. The molecule has 120 valence electrons. The molecular formula is C15H14N8S. The molecule has 0 amide bonds. The number of nitrogens with one attached hydrogen (secondary N) is 2. The summed E-state index contributed by atoms with van der Waals surface area (Å²) in [5.74, 6) is 1.11. The highest BCUT2D eigenvalue weighted by atomic mass is 32.1. The maximum atomic E-state index is 5.83. The molecule has 0 saturated heterocycles. The summed E-state index contributed by atoms with van der Waals surface area (Å²) in [4.78, 5) is 17.2. The number of anilines is 2. The number of aromatic nitrogens is 6. The van der Waals surface area contributed by atoms with E-state index in [-0.39, 0.29) is 5.95 Å². The van der Waals surface area contributed by atoms with E-state index < -0.39 is 0 Å². The SMILES string of the molecule is Cc1csc(CNc2nc(N)nc(-c3ccc4cn[nH]c4c3)n2)n1. The highest BCUT2D eigenvalue weighted by molar-refractivity contribution is 7.09. The molecule has 1 aromatic carbocycles. The van der Waals surface area contributed by atoms with Gasteiger partial charge in [0.25, 0.3) is 0 Å². The summed E-state index contributed by atoms with van der Waals surface area (Å²) in [7, 11) is 0. The second kappa shape index (κ2) is 5.85. The number of aromatic amines is 1. The number of thiazole rings is 1. The fraction of sp³-hybridized carbons (Fsp3) is 0.133. The number of nitrogens with two attached hydrogens (primary N) is 1. The average Bonchev–Trinajstić information content (AvgIpc) is 3.20. The Morgan fingerprint density at radius 2 is 2.12 bits per heavy atom. The minimum absolute atomic E-state index is 0.169. The first-order chi connectivity index (χ1) is 11.7. The number of fused-ring (bicyclic) bond motifs is 1. The molecule has 4 aromatic rings. The maximum absolute atomic E-state index is 5.83. The number of nitrogens with zero attached hydrogens (tertiary/aromatic N) is 5. The van der Waals surface area contributed by atoms with Gasteiger partial charge in [-0.05, 0) is 13.0 Å². The summed E-state index contributed by atoms with van der Waals surface area (Å²) in [6.45, 7) is 2.51. The van der Waals surface area contributed by atoms with Crippen LogP contribution in [0.3, 0.4) is 0 Å². The topological polar surface area (TPSA) is 118 Å². The van der Waals surface area contributed by atoms with E-state index in [1.807, 2.05) is 30.5 Å². The second-order valence-corrected chi connectivity index (χ2v) is 6.19. The predicted molar refractivity (Wildman–Crippen MR) is 93.5 cm³/mol. The van der Waals surface area contributed by atoms with Crippen molar-refractivity contribution in [1.82, 2.24) is 30.1 Å². The third-order valence-corrected chi connectivity index (χ3v) is 4.38. The number of benzene rings is 1. The van der Waals surface area contributed by atoms with E-state index in [0.717, 1.165) is 27.2 Å². The number of H-pyrrole nitrogens is 1. The van der Waals surface area contributed by atoms with E-state index in [4.69, 9.17) is 5.73 Å². The van der Waals surface area contributed by atoms with Crippen molar-refractivity contribution in [1.29, 1.82) is 0 Å². The number of aryl methyl sites for hydroxylation is 1. The standard InChI is InChI=1S/C15H14N8S/c1-8-7-24-12(19-8)6-17-15-21-13(20-14(16)22-15)9-2-3-10-5-18-23-11(10)4-9/h2-5,7H,6H2,1H3,(H,18,23)(H3,16,17,20,21,22). The van der Waals surface area contributed by atoms with Gasteiger partial charge in [0, 0.05) is 22.0 Å². The third kappa shape index (κ3) is 2.88. The average molecular weight is 338 g/mol. The molecule has 4 N–H and O–H groups in total. The third-order valence-electron chi connectivity index (χ3n) is 3.42. The van der Waals surface area contributed by atoms with Crippen LogP contribution >= 0.6 is 11.3 Å². The van der Waals surface area contributed by atoms with E-state index >= 15 is 0 Å². The molecule has 8 nitrogen and oxygen atoms in total. The summed E-state index contributed by atoms with van der Waals surface area (Å²) in [6.07, 6.45) is 1.77. The highest BCUT2D eigenvalue weighted by Gasteiger charge is 2.09.